The molecule has 0 radical (unpaired) electrons. The molecule has 0 spiro atoms. The topological polar surface area (TPSA) is 49.3 Å². The molecule has 82 valence electrons. The smallest absolute Gasteiger partial charge is 0.220 e. The molecule has 3 nitrogen and oxygen atoms in total. The van der Waals surface area contributed by atoms with Crippen molar-refractivity contribution in [3.63, 3.8) is 0 Å². The maximum Gasteiger partial charge on any atom is 0.220 e. The van der Waals surface area contributed by atoms with Gasteiger partial charge in [0, 0.05) is 19.1 Å². The van der Waals surface area contributed by atoms with E-state index < -0.39 is 0 Å². The van der Waals surface area contributed by atoms with E-state index in [0.29, 0.717) is 12.5 Å². The van der Waals surface area contributed by atoms with Crippen molar-refractivity contribution >= 4 is 5.91 Å². The van der Waals surface area contributed by atoms with Gasteiger partial charge < -0.3 is 10.4 Å². The number of carbonyl (C=O) groups excluding carboxylic acids is 1. The summed E-state index contributed by atoms with van der Waals surface area (Å²) in [6.07, 6.45) is 5.87. The Morgan fingerprint density at radius 3 is 2.79 bits per heavy atom. The average Bonchev–Trinajstić information content (AvgIpc) is 2.88. The van der Waals surface area contributed by atoms with Gasteiger partial charge in [-0.3, -0.25) is 4.79 Å². The summed E-state index contributed by atoms with van der Waals surface area (Å²) in [4.78, 5) is 11.3. The fourth-order valence-corrected chi connectivity index (χ4v) is 1.66. The second-order valence-electron chi connectivity index (χ2n) is 4.33. The summed E-state index contributed by atoms with van der Waals surface area (Å²) in [6, 6.07) is 0.323. The zero-order valence-corrected chi connectivity index (χ0v) is 8.96. The molecule has 0 bridgehead atoms. The van der Waals surface area contributed by atoms with Gasteiger partial charge in [-0.05, 0) is 32.1 Å². The molecule has 1 atom stereocenters. The molecule has 3 heteroatoms. The molecule has 1 saturated carbocycles. The number of nitrogens with one attached hydrogen (secondary N) is 1. The van der Waals surface area contributed by atoms with E-state index in [1.165, 1.54) is 12.8 Å². The highest BCUT2D eigenvalue weighted by atomic mass is 16.2. The summed E-state index contributed by atoms with van der Waals surface area (Å²) in [6.45, 7) is 2.26. The zero-order valence-electron chi connectivity index (χ0n) is 8.96. The molecule has 0 heterocycles. The summed E-state index contributed by atoms with van der Waals surface area (Å²) in [5.41, 5.74) is 0. The third-order valence-electron chi connectivity index (χ3n) is 2.60. The van der Waals surface area contributed by atoms with E-state index in [1.807, 2.05) is 0 Å². The van der Waals surface area contributed by atoms with Crippen molar-refractivity contribution < 1.29 is 9.90 Å². The fraction of sp³-hybridized carbons (Fsp3) is 0.909. The number of aliphatic hydroxyl groups excluding tert-OH is 1. The first-order valence-corrected chi connectivity index (χ1v) is 5.62. The molecular formula is C11H21NO2. The van der Waals surface area contributed by atoms with E-state index in [0.717, 1.165) is 25.2 Å². The van der Waals surface area contributed by atoms with Gasteiger partial charge in [-0.15, -0.1) is 0 Å². The predicted octanol–water partition coefficient (Wildman–Crippen LogP) is 1.45. The Morgan fingerprint density at radius 1 is 1.50 bits per heavy atom. The van der Waals surface area contributed by atoms with Gasteiger partial charge in [-0.25, -0.2) is 0 Å². The van der Waals surface area contributed by atoms with Crippen LogP contribution in [0, 0.1) is 5.92 Å². The number of rotatable bonds is 7. The van der Waals surface area contributed by atoms with Crippen LogP contribution in [0.3, 0.4) is 0 Å². The minimum absolute atomic E-state index is 0.131. The van der Waals surface area contributed by atoms with Gasteiger partial charge in [0.15, 0.2) is 0 Å². The second-order valence-corrected chi connectivity index (χ2v) is 4.33. The molecule has 0 saturated heterocycles. The van der Waals surface area contributed by atoms with Crippen LogP contribution in [0.4, 0.5) is 0 Å². The zero-order chi connectivity index (χ0) is 10.4. The number of hydrogen-bond acceptors (Lipinski definition) is 2. The normalized spacial score (nSPS) is 17.9. The van der Waals surface area contributed by atoms with E-state index in [4.69, 9.17) is 5.11 Å². The van der Waals surface area contributed by atoms with Crippen molar-refractivity contribution in [3.05, 3.63) is 0 Å². The molecule has 1 aliphatic carbocycles. The Kier molecular flexibility index (Phi) is 4.94. The molecule has 0 aromatic rings. The Bertz CT molecular complexity index is 178. The maximum absolute atomic E-state index is 11.3. The lowest BCUT2D eigenvalue weighted by Gasteiger charge is -2.12. The first-order valence-electron chi connectivity index (χ1n) is 5.62. The van der Waals surface area contributed by atoms with Crippen LogP contribution < -0.4 is 5.32 Å². The number of unbranched alkanes of at least 4 members (excludes halogenated alkanes) is 1. The van der Waals surface area contributed by atoms with Gasteiger partial charge in [0.05, 0.1) is 0 Å². The van der Waals surface area contributed by atoms with E-state index in [-0.39, 0.29) is 12.5 Å². The molecule has 0 aromatic carbocycles. The molecule has 1 amide bonds. The third kappa shape index (κ3) is 5.22. The molecule has 0 aromatic heterocycles. The average molecular weight is 199 g/mol. The van der Waals surface area contributed by atoms with Crippen LogP contribution in [-0.2, 0) is 4.79 Å². The number of amides is 1. The van der Waals surface area contributed by atoms with E-state index in [1.54, 1.807) is 0 Å². The van der Waals surface area contributed by atoms with Gasteiger partial charge in [0.1, 0.15) is 0 Å². The highest BCUT2D eigenvalue weighted by molar-refractivity contribution is 5.76. The molecule has 1 aliphatic rings. The number of carbonyl (C=O) groups is 1. The van der Waals surface area contributed by atoms with Crippen LogP contribution in [0.25, 0.3) is 0 Å². The lowest BCUT2D eigenvalue weighted by molar-refractivity contribution is -0.121. The van der Waals surface area contributed by atoms with Gasteiger partial charge in [0.25, 0.3) is 0 Å². The summed E-state index contributed by atoms with van der Waals surface area (Å²) >= 11 is 0. The second kappa shape index (κ2) is 6.02. The summed E-state index contributed by atoms with van der Waals surface area (Å²) in [5.74, 6) is 0.995. The first kappa shape index (κ1) is 11.5. The van der Waals surface area contributed by atoms with Crippen molar-refractivity contribution in [2.75, 3.05) is 6.61 Å². The largest absolute Gasteiger partial charge is 0.396 e. The van der Waals surface area contributed by atoms with Crippen molar-refractivity contribution in [2.24, 2.45) is 5.92 Å². The minimum atomic E-state index is 0.131. The van der Waals surface area contributed by atoms with Gasteiger partial charge >= 0.3 is 0 Å². The Hall–Kier alpha value is -0.570. The van der Waals surface area contributed by atoms with Crippen LogP contribution in [0.15, 0.2) is 0 Å². The molecule has 1 fully saturated rings. The third-order valence-corrected chi connectivity index (χ3v) is 2.60. The maximum atomic E-state index is 11.3. The standard InChI is InChI=1S/C11H21NO2/c1-9(8-10-5-6-10)12-11(14)4-2-3-7-13/h9-10,13H,2-8H2,1H3,(H,12,14). The fourth-order valence-electron chi connectivity index (χ4n) is 1.66. The number of aliphatic hydroxyl groups is 1. The lowest BCUT2D eigenvalue weighted by Crippen LogP contribution is -2.32. The first-order chi connectivity index (χ1) is 6.72. The van der Waals surface area contributed by atoms with Crippen molar-refractivity contribution in [2.45, 2.75) is 51.5 Å². The minimum Gasteiger partial charge on any atom is -0.396 e. The molecule has 1 unspecified atom stereocenters. The molecular weight excluding hydrogens is 178 g/mol. The molecule has 1 rings (SSSR count). The van der Waals surface area contributed by atoms with Crippen molar-refractivity contribution in [3.8, 4) is 0 Å². The molecule has 0 aliphatic heterocycles. The van der Waals surface area contributed by atoms with Crippen LogP contribution >= 0.6 is 0 Å². The predicted molar refractivity (Wildman–Crippen MR) is 55.9 cm³/mol. The summed E-state index contributed by atoms with van der Waals surface area (Å²) in [5, 5.41) is 11.5. The van der Waals surface area contributed by atoms with Crippen LogP contribution in [-0.4, -0.2) is 23.7 Å². The molecule has 2 N–H and O–H groups in total. The highest BCUT2D eigenvalue weighted by Crippen LogP contribution is 2.33. The Balaban J connectivity index is 1.99. The van der Waals surface area contributed by atoms with Crippen LogP contribution in [0.2, 0.25) is 0 Å². The van der Waals surface area contributed by atoms with Crippen molar-refractivity contribution in [1.82, 2.24) is 5.32 Å². The van der Waals surface area contributed by atoms with Gasteiger partial charge in [0.2, 0.25) is 5.91 Å². The number of hydrogen-bond donors (Lipinski definition) is 2. The van der Waals surface area contributed by atoms with E-state index >= 15 is 0 Å². The van der Waals surface area contributed by atoms with Crippen LogP contribution in [0.1, 0.15) is 45.4 Å². The SMILES string of the molecule is CC(CC1CC1)NC(=O)CCCCO. The van der Waals surface area contributed by atoms with E-state index in [9.17, 15) is 4.79 Å². The Morgan fingerprint density at radius 2 is 2.21 bits per heavy atom. The Labute approximate surface area is 85.9 Å². The van der Waals surface area contributed by atoms with Crippen molar-refractivity contribution in [1.29, 1.82) is 0 Å². The highest BCUT2D eigenvalue weighted by Gasteiger charge is 2.23. The van der Waals surface area contributed by atoms with Crippen LogP contribution in [0.5, 0.6) is 0 Å². The monoisotopic (exact) mass is 199 g/mol. The quantitative estimate of drug-likeness (QED) is 0.610. The van der Waals surface area contributed by atoms with Gasteiger partial charge in [-0.2, -0.15) is 0 Å². The van der Waals surface area contributed by atoms with E-state index in [2.05, 4.69) is 12.2 Å². The summed E-state index contributed by atoms with van der Waals surface area (Å²) < 4.78 is 0. The molecule has 14 heavy (non-hydrogen) atoms. The van der Waals surface area contributed by atoms with Gasteiger partial charge in [-0.1, -0.05) is 12.8 Å². The summed E-state index contributed by atoms with van der Waals surface area (Å²) in [7, 11) is 0. The lowest BCUT2D eigenvalue weighted by atomic mass is 10.1.